The lowest BCUT2D eigenvalue weighted by molar-refractivity contribution is 0.102. The number of anilines is 2. The molecule has 1 aromatic carbocycles. The van der Waals surface area contributed by atoms with E-state index in [1.807, 2.05) is 0 Å². The van der Waals surface area contributed by atoms with Crippen LogP contribution in [0.2, 0.25) is 0 Å². The monoisotopic (exact) mass is 259 g/mol. The molecule has 0 atom stereocenters. The maximum atomic E-state index is 13.1. The molecule has 5 heteroatoms. The summed E-state index contributed by atoms with van der Waals surface area (Å²) in [7, 11) is 1.73. The molecule has 0 spiro atoms. The lowest BCUT2D eigenvalue weighted by Crippen LogP contribution is -2.12. The molecule has 0 fully saturated rings. The topological polar surface area (TPSA) is 54.0 Å². The SMILES string of the molecule is CNc1cc(C(=O)Nc2ccc(F)c(C)c2)ccn1. The van der Waals surface area contributed by atoms with E-state index >= 15 is 0 Å². The third-order valence-corrected chi connectivity index (χ3v) is 2.69. The van der Waals surface area contributed by atoms with Gasteiger partial charge in [0.25, 0.3) is 5.91 Å². The van der Waals surface area contributed by atoms with Gasteiger partial charge in [-0.05, 0) is 42.8 Å². The number of hydrogen-bond donors (Lipinski definition) is 2. The zero-order valence-electron chi connectivity index (χ0n) is 10.7. The average molecular weight is 259 g/mol. The number of aromatic nitrogens is 1. The Labute approximate surface area is 110 Å². The number of aryl methyl sites for hydroxylation is 1. The van der Waals surface area contributed by atoms with Gasteiger partial charge in [-0.2, -0.15) is 0 Å². The summed E-state index contributed by atoms with van der Waals surface area (Å²) in [4.78, 5) is 16.1. The van der Waals surface area contributed by atoms with Gasteiger partial charge in [0.1, 0.15) is 11.6 Å². The molecule has 0 unspecified atom stereocenters. The third kappa shape index (κ3) is 3.07. The molecule has 2 aromatic rings. The summed E-state index contributed by atoms with van der Waals surface area (Å²) in [5.74, 6) is 0.0622. The van der Waals surface area contributed by atoms with Gasteiger partial charge in [-0.3, -0.25) is 4.79 Å². The maximum Gasteiger partial charge on any atom is 0.255 e. The first-order valence-corrected chi connectivity index (χ1v) is 5.81. The Kier molecular flexibility index (Phi) is 3.75. The van der Waals surface area contributed by atoms with Crippen molar-refractivity contribution in [2.45, 2.75) is 6.92 Å². The highest BCUT2D eigenvalue weighted by Crippen LogP contribution is 2.15. The van der Waals surface area contributed by atoms with Crippen molar-refractivity contribution in [1.82, 2.24) is 4.98 Å². The summed E-state index contributed by atoms with van der Waals surface area (Å²) in [6, 6.07) is 7.71. The number of nitrogens with zero attached hydrogens (tertiary/aromatic N) is 1. The van der Waals surface area contributed by atoms with E-state index in [0.29, 0.717) is 22.6 Å². The first kappa shape index (κ1) is 13.0. The van der Waals surface area contributed by atoms with Crippen LogP contribution in [0.3, 0.4) is 0 Å². The fraction of sp³-hybridized carbons (Fsp3) is 0.143. The highest BCUT2D eigenvalue weighted by molar-refractivity contribution is 6.04. The van der Waals surface area contributed by atoms with Crippen LogP contribution in [-0.4, -0.2) is 17.9 Å². The number of hydrogen-bond acceptors (Lipinski definition) is 3. The first-order valence-electron chi connectivity index (χ1n) is 5.81. The third-order valence-electron chi connectivity index (χ3n) is 2.69. The lowest BCUT2D eigenvalue weighted by Gasteiger charge is -2.07. The van der Waals surface area contributed by atoms with E-state index in [0.717, 1.165) is 0 Å². The molecule has 0 bridgehead atoms. The summed E-state index contributed by atoms with van der Waals surface area (Å²) in [6.07, 6.45) is 1.55. The Morgan fingerprint density at radius 2 is 2.05 bits per heavy atom. The second-order valence-corrected chi connectivity index (χ2v) is 4.10. The molecule has 98 valence electrons. The van der Waals surface area contributed by atoms with Gasteiger partial charge in [0, 0.05) is 24.5 Å². The molecule has 2 rings (SSSR count). The van der Waals surface area contributed by atoms with Gasteiger partial charge in [-0.1, -0.05) is 0 Å². The average Bonchev–Trinajstić information content (AvgIpc) is 2.43. The zero-order valence-corrected chi connectivity index (χ0v) is 10.7. The molecule has 0 saturated carbocycles. The molecular weight excluding hydrogens is 245 g/mol. The first-order chi connectivity index (χ1) is 9.10. The second kappa shape index (κ2) is 5.48. The van der Waals surface area contributed by atoms with Gasteiger partial charge in [0.05, 0.1) is 0 Å². The molecule has 1 aromatic heterocycles. The van der Waals surface area contributed by atoms with Crippen molar-refractivity contribution in [1.29, 1.82) is 0 Å². The van der Waals surface area contributed by atoms with Gasteiger partial charge in [0.15, 0.2) is 0 Å². The summed E-state index contributed by atoms with van der Waals surface area (Å²) in [5.41, 5.74) is 1.54. The Morgan fingerprint density at radius 3 is 2.74 bits per heavy atom. The molecule has 19 heavy (non-hydrogen) atoms. The molecule has 1 heterocycles. The fourth-order valence-corrected chi connectivity index (χ4v) is 1.63. The summed E-state index contributed by atoms with van der Waals surface area (Å²) in [5, 5.41) is 5.58. The number of carbonyl (C=O) groups excluding carboxylic acids is 1. The highest BCUT2D eigenvalue weighted by Gasteiger charge is 2.08. The molecule has 4 nitrogen and oxygen atoms in total. The van der Waals surface area contributed by atoms with Crippen LogP contribution in [0.1, 0.15) is 15.9 Å². The van der Waals surface area contributed by atoms with Gasteiger partial charge < -0.3 is 10.6 Å². The normalized spacial score (nSPS) is 10.1. The number of nitrogens with one attached hydrogen (secondary N) is 2. The predicted octanol–water partition coefficient (Wildman–Crippen LogP) is 2.82. The van der Waals surface area contributed by atoms with E-state index in [4.69, 9.17) is 0 Å². The van der Waals surface area contributed by atoms with Crippen molar-refractivity contribution >= 4 is 17.4 Å². The van der Waals surface area contributed by atoms with Gasteiger partial charge in [-0.25, -0.2) is 9.37 Å². The van der Waals surface area contributed by atoms with Crippen LogP contribution in [0.5, 0.6) is 0 Å². The van der Waals surface area contributed by atoms with E-state index in [1.165, 1.54) is 12.1 Å². The summed E-state index contributed by atoms with van der Waals surface area (Å²) in [6.45, 7) is 1.65. The van der Waals surface area contributed by atoms with Crippen LogP contribution in [0.25, 0.3) is 0 Å². The molecular formula is C14H14FN3O. The number of halogens is 1. The second-order valence-electron chi connectivity index (χ2n) is 4.10. The van der Waals surface area contributed by atoms with Crippen molar-refractivity contribution < 1.29 is 9.18 Å². The van der Waals surface area contributed by atoms with Crippen molar-refractivity contribution in [2.75, 3.05) is 17.7 Å². The van der Waals surface area contributed by atoms with E-state index < -0.39 is 0 Å². The highest BCUT2D eigenvalue weighted by atomic mass is 19.1. The van der Waals surface area contributed by atoms with E-state index in [-0.39, 0.29) is 11.7 Å². The lowest BCUT2D eigenvalue weighted by atomic mass is 10.2. The summed E-state index contributed by atoms with van der Waals surface area (Å²) < 4.78 is 13.1. The van der Waals surface area contributed by atoms with Crippen LogP contribution >= 0.6 is 0 Å². The standard InChI is InChI=1S/C14H14FN3O/c1-9-7-11(3-4-12(9)15)18-14(19)10-5-6-17-13(8-10)16-2/h3-8H,1-2H3,(H,16,17)(H,18,19). The molecule has 0 saturated heterocycles. The van der Waals surface area contributed by atoms with Crippen LogP contribution in [0, 0.1) is 12.7 Å². The van der Waals surface area contributed by atoms with Crippen LogP contribution in [0.4, 0.5) is 15.9 Å². The molecule has 0 aliphatic carbocycles. The van der Waals surface area contributed by atoms with Crippen molar-refractivity contribution in [3.05, 3.63) is 53.5 Å². The van der Waals surface area contributed by atoms with E-state index in [2.05, 4.69) is 15.6 Å². The largest absolute Gasteiger partial charge is 0.373 e. The Balaban J connectivity index is 2.18. The minimum absolute atomic E-state index is 0.259. The van der Waals surface area contributed by atoms with Crippen LogP contribution < -0.4 is 10.6 Å². The Hall–Kier alpha value is -2.43. The van der Waals surface area contributed by atoms with Gasteiger partial charge in [0.2, 0.25) is 0 Å². The molecule has 1 amide bonds. The number of amides is 1. The van der Waals surface area contributed by atoms with Gasteiger partial charge in [-0.15, -0.1) is 0 Å². The van der Waals surface area contributed by atoms with Crippen molar-refractivity contribution in [2.24, 2.45) is 0 Å². The predicted molar refractivity (Wildman–Crippen MR) is 72.9 cm³/mol. The minimum atomic E-state index is -0.292. The van der Waals surface area contributed by atoms with Crippen LogP contribution in [-0.2, 0) is 0 Å². The number of benzene rings is 1. The quantitative estimate of drug-likeness (QED) is 0.891. The fourth-order valence-electron chi connectivity index (χ4n) is 1.63. The molecule has 0 aliphatic rings. The number of pyridine rings is 1. The van der Waals surface area contributed by atoms with Gasteiger partial charge >= 0.3 is 0 Å². The zero-order chi connectivity index (χ0) is 13.8. The Bertz CT molecular complexity index is 613. The number of carbonyl (C=O) groups is 1. The van der Waals surface area contributed by atoms with E-state index in [9.17, 15) is 9.18 Å². The van der Waals surface area contributed by atoms with E-state index in [1.54, 1.807) is 38.4 Å². The smallest absolute Gasteiger partial charge is 0.255 e. The summed E-state index contributed by atoms with van der Waals surface area (Å²) >= 11 is 0. The molecule has 2 N–H and O–H groups in total. The molecule has 0 radical (unpaired) electrons. The minimum Gasteiger partial charge on any atom is -0.373 e. The van der Waals surface area contributed by atoms with Crippen LogP contribution in [0.15, 0.2) is 36.5 Å². The van der Waals surface area contributed by atoms with Crippen molar-refractivity contribution in [3.8, 4) is 0 Å². The van der Waals surface area contributed by atoms with Crippen molar-refractivity contribution in [3.63, 3.8) is 0 Å². The molecule has 0 aliphatic heterocycles. The maximum absolute atomic E-state index is 13.1. The number of rotatable bonds is 3. The Morgan fingerprint density at radius 1 is 1.26 bits per heavy atom.